The third kappa shape index (κ3) is 15.6. The first-order chi connectivity index (χ1) is 14.2. The van der Waals surface area contributed by atoms with Crippen LogP contribution in [0.3, 0.4) is 0 Å². The van der Waals surface area contributed by atoms with Crippen LogP contribution in [-0.4, -0.2) is 29.7 Å². The molecular weight excluding hydrogens is 436 g/mol. The topological polar surface area (TPSA) is 208 Å². The molecule has 32 heavy (non-hydrogen) atoms. The predicted octanol–water partition coefficient (Wildman–Crippen LogP) is 3.91. The van der Waals surface area contributed by atoms with Gasteiger partial charge in [0, 0.05) is 12.4 Å². The van der Waals surface area contributed by atoms with Crippen molar-refractivity contribution in [3.8, 4) is 0 Å². The zero-order valence-corrected chi connectivity index (χ0v) is 21.3. The number of unbranched alkanes of at least 4 members (excludes halogenated alkanes) is 15. The fourth-order valence-electron chi connectivity index (χ4n) is 3.78. The molecule has 1 unspecified atom stereocenters. The number of rotatable bonds is 21. The fraction of sp³-hybridized carbons (Fsp3) is 0.909. The van der Waals surface area contributed by atoms with Crippen LogP contribution in [-0.2, 0) is 19.7 Å². The molecule has 1 atom stereocenters. The van der Waals surface area contributed by atoms with E-state index in [4.69, 9.17) is 0 Å². The van der Waals surface area contributed by atoms with E-state index < -0.39 is 39.6 Å². The standard InChI is InChI=1S/C22H42O7S.2H3N/c1-2-3-4-5-6-7-8-9-10-11-12-13-14-15-16-17-18-22(21(25)26,19-20(23)24)30(27,28)29;;/h2-19H2,1H3,(H,23,24)(H,25,26)(H,27,28,29);2*1H3. The SMILES string of the molecule is CCCCCCCCCCCCCCCCCCC(CC(=O)[O-])(C(=O)[O-])S(=O)(=O)O.[NH4+].[NH4+]. The largest absolute Gasteiger partial charge is 0.550 e. The van der Waals surface area contributed by atoms with Crippen LogP contribution in [0.15, 0.2) is 0 Å². The van der Waals surface area contributed by atoms with Gasteiger partial charge >= 0.3 is 0 Å². The highest BCUT2D eigenvalue weighted by molar-refractivity contribution is 7.88. The van der Waals surface area contributed by atoms with Crippen molar-refractivity contribution in [1.29, 1.82) is 0 Å². The fourth-order valence-corrected chi connectivity index (χ4v) is 4.69. The summed E-state index contributed by atoms with van der Waals surface area (Å²) in [5.41, 5.74) is 0. The molecule has 0 aliphatic carbocycles. The Bertz CT molecular complexity index is 585. The van der Waals surface area contributed by atoms with Crippen LogP contribution in [0.5, 0.6) is 0 Å². The van der Waals surface area contributed by atoms with Crippen molar-refractivity contribution in [3.05, 3.63) is 0 Å². The van der Waals surface area contributed by atoms with Gasteiger partial charge in [0.15, 0.2) is 0 Å². The maximum atomic E-state index is 11.5. The number of carboxylic acid groups (broad SMARTS) is 2. The van der Waals surface area contributed by atoms with Crippen molar-refractivity contribution in [1.82, 2.24) is 12.3 Å². The Hall–Kier alpha value is -1.23. The second-order valence-electron chi connectivity index (χ2n) is 8.36. The lowest BCUT2D eigenvalue weighted by molar-refractivity contribution is -0.319. The third-order valence-corrected chi connectivity index (χ3v) is 7.23. The van der Waals surface area contributed by atoms with E-state index in [2.05, 4.69) is 6.92 Å². The first-order valence-corrected chi connectivity index (χ1v) is 13.0. The highest BCUT2D eigenvalue weighted by atomic mass is 32.2. The van der Waals surface area contributed by atoms with Gasteiger partial charge in [-0.2, -0.15) is 8.42 Å². The number of aliphatic carboxylic acids is 2. The molecule has 0 bridgehead atoms. The van der Waals surface area contributed by atoms with Gasteiger partial charge < -0.3 is 32.1 Å². The van der Waals surface area contributed by atoms with Crippen LogP contribution in [0.1, 0.15) is 122 Å². The minimum atomic E-state index is -5.12. The van der Waals surface area contributed by atoms with Gasteiger partial charge in [-0.25, -0.2) is 0 Å². The van der Waals surface area contributed by atoms with Crippen molar-refractivity contribution in [2.45, 2.75) is 127 Å². The van der Waals surface area contributed by atoms with Gasteiger partial charge in [-0.15, -0.1) is 0 Å². The summed E-state index contributed by atoms with van der Waals surface area (Å²) in [6.07, 6.45) is 16.0. The second kappa shape index (κ2) is 20.4. The van der Waals surface area contributed by atoms with Crippen molar-refractivity contribution < 1.29 is 32.8 Å². The molecule has 0 amide bonds. The molecule has 0 aromatic rings. The second-order valence-corrected chi connectivity index (χ2v) is 10.1. The minimum absolute atomic E-state index is 0. The van der Waals surface area contributed by atoms with E-state index in [1.807, 2.05) is 0 Å². The molecule has 9 N–H and O–H groups in total. The van der Waals surface area contributed by atoms with Crippen LogP contribution in [0.25, 0.3) is 0 Å². The van der Waals surface area contributed by atoms with Crippen LogP contribution >= 0.6 is 0 Å². The van der Waals surface area contributed by atoms with E-state index in [1.165, 1.54) is 64.2 Å². The summed E-state index contributed by atoms with van der Waals surface area (Å²) < 4.78 is 29.3. The molecule has 0 aliphatic heterocycles. The molecule has 0 fully saturated rings. The lowest BCUT2D eigenvalue weighted by Gasteiger charge is -2.31. The van der Waals surface area contributed by atoms with E-state index in [1.54, 1.807) is 0 Å². The average molecular weight is 485 g/mol. The molecule has 10 heteroatoms. The van der Waals surface area contributed by atoms with Crippen LogP contribution in [0.2, 0.25) is 0 Å². The summed E-state index contributed by atoms with van der Waals surface area (Å²) >= 11 is 0. The zero-order valence-electron chi connectivity index (χ0n) is 20.5. The smallest absolute Gasteiger partial charge is 0.276 e. The van der Waals surface area contributed by atoms with E-state index in [0.717, 1.165) is 25.7 Å². The molecule has 0 aromatic carbocycles. The summed E-state index contributed by atoms with van der Waals surface area (Å²) in [5, 5.41) is 22.0. The average Bonchev–Trinajstić information content (AvgIpc) is 2.65. The van der Waals surface area contributed by atoms with Crippen molar-refractivity contribution in [3.63, 3.8) is 0 Å². The first-order valence-electron chi connectivity index (χ1n) is 11.6. The zero-order chi connectivity index (χ0) is 22.9. The normalized spacial score (nSPS) is 12.9. The van der Waals surface area contributed by atoms with Crippen LogP contribution in [0, 0.1) is 0 Å². The maximum Gasteiger partial charge on any atom is 0.276 e. The van der Waals surface area contributed by atoms with Gasteiger partial charge in [0.2, 0.25) is 0 Å². The molecule has 0 aromatic heterocycles. The van der Waals surface area contributed by atoms with Crippen molar-refractivity contribution in [2.75, 3.05) is 0 Å². The molecule has 0 saturated heterocycles. The number of hydrogen-bond acceptors (Lipinski definition) is 6. The Kier molecular flexibility index (Phi) is 22.5. The van der Waals surface area contributed by atoms with E-state index >= 15 is 0 Å². The Morgan fingerprint density at radius 1 is 0.688 bits per heavy atom. The van der Waals surface area contributed by atoms with Gasteiger partial charge in [0.25, 0.3) is 10.1 Å². The molecule has 0 radical (unpaired) electrons. The highest BCUT2D eigenvalue weighted by Crippen LogP contribution is 2.28. The Morgan fingerprint density at radius 3 is 1.25 bits per heavy atom. The van der Waals surface area contributed by atoms with Gasteiger partial charge in [0.1, 0.15) is 4.75 Å². The Morgan fingerprint density at radius 2 is 1.00 bits per heavy atom. The molecule has 0 heterocycles. The van der Waals surface area contributed by atoms with Gasteiger partial charge in [-0.3, -0.25) is 4.55 Å². The van der Waals surface area contributed by atoms with E-state index in [9.17, 15) is 32.8 Å². The van der Waals surface area contributed by atoms with Crippen LogP contribution < -0.4 is 22.5 Å². The van der Waals surface area contributed by atoms with Gasteiger partial charge in [0.05, 0.1) is 5.97 Å². The third-order valence-electron chi connectivity index (χ3n) is 5.73. The number of quaternary nitrogens is 2. The maximum absolute atomic E-state index is 11.5. The monoisotopic (exact) mass is 484 g/mol. The summed E-state index contributed by atoms with van der Waals surface area (Å²) in [5.74, 6) is -3.96. The molecule has 194 valence electrons. The lowest BCUT2D eigenvalue weighted by atomic mass is 9.96. The number of carbonyl (C=O) groups is 2. The quantitative estimate of drug-likeness (QED) is 0.161. The van der Waals surface area contributed by atoms with Crippen molar-refractivity contribution >= 4 is 22.1 Å². The molecule has 0 rings (SSSR count). The molecular formula is C22H48N2O7S. The summed E-state index contributed by atoms with van der Waals surface area (Å²) in [6, 6.07) is 0. The van der Waals surface area contributed by atoms with Crippen LogP contribution in [0.4, 0.5) is 0 Å². The first kappa shape index (κ1) is 35.4. The minimum Gasteiger partial charge on any atom is -0.550 e. The predicted molar refractivity (Wildman–Crippen MR) is 125 cm³/mol. The molecule has 9 nitrogen and oxygen atoms in total. The van der Waals surface area contributed by atoms with Gasteiger partial charge in [-0.05, 0) is 6.42 Å². The number of carboxylic acids is 2. The number of hydrogen-bond donors (Lipinski definition) is 3. The molecule has 0 spiro atoms. The summed E-state index contributed by atoms with van der Waals surface area (Å²) in [7, 11) is -5.12. The van der Waals surface area contributed by atoms with E-state index in [0.29, 0.717) is 6.42 Å². The molecule has 0 aliphatic rings. The Labute approximate surface area is 194 Å². The summed E-state index contributed by atoms with van der Waals surface area (Å²) in [6.45, 7) is 2.23. The van der Waals surface area contributed by atoms with Crippen molar-refractivity contribution in [2.24, 2.45) is 0 Å². The van der Waals surface area contributed by atoms with Gasteiger partial charge in [-0.1, -0.05) is 110 Å². The summed E-state index contributed by atoms with van der Waals surface area (Å²) in [4.78, 5) is 22.0. The Balaban J connectivity index is -0.00000420. The lowest BCUT2D eigenvalue weighted by Crippen LogP contribution is -2.56. The molecule has 0 saturated carbocycles. The number of carbonyl (C=O) groups excluding carboxylic acids is 2. The van der Waals surface area contributed by atoms with E-state index in [-0.39, 0.29) is 18.7 Å². The highest BCUT2D eigenvalue weighted by Gasteiger charge is 2.44.